The Morgan fingerprint density at radius 1 is 0.588 bits per heavy atom. The van der Waals surface area contributed by atoms with Gasteiger partial charge in [0.2, 0.25) is 0 Å². The Morgan fingerprint density at radius 2 is 1.22 bits per heavy atom. The summed E-state index contributed by atoms with van der Waals surface area (Å²) in [4.78, 5) is 7.07. The molecule has 0 N–H and O–H groups in total. The second-order valence-electron chi connectivity index (χ2n) is 13.2. The van der Waals surface area contributed by atoms with Crippen LogP contribution in [0.15, 0.2) is 195 Å². The number of hydrogen-bond donors (Lipinski definition) is 0. The number of nitrogens with zero attached hydrogens (tertiary/aromatic N) is 3. The Bertz CT molecular complexity index is 2270. The van der Waals surface area contributed by atoms with Crippen molar-refractivity contribution in [3.05, 3.63) is 206 Å². The Kier molecular flexibility index (Phi) is 8.69. The van der Waals surface area contributed by atoms with Crippen molar-refractivity contribution in [2.75, 3.05) is 21.7 Å². The summed E-state index contributed by atoms with van der Waals surface area (Å²) in [6, 6.07) is 54.5. The third-order valence-corrected chi connectivity index (χ3v) is 10.1. The molecule has 2 aliphatic rings. The van der Waals surface area contributed by atoms with Gasteiger partial charge in [-0.1, -0.05) is 122 Å². The molecule has 0 radical (unpaired) electrons. The van der Waals surface area contributed by atoms with Crippen LogP contribution >= 0.6 is 0 Å². The molecule has 248 valence electrons. The maximum atomic E-state index is 4.63. The van der Waals surface area contributed by atoms with E-state index in [2.05, 4.69) is 211 Å². The fraction of sp³-hybridized carbons (Fsp3) is 0.0833. The highest BCUT2D eigenvalue weighted by Crippen LogP contribution is 2.47. The van der Waals surface area contributed by atoms with Gasteiger partial charge in [0.25, 0.3) is 0 Å². The smallest absolute Gasteiger partial charge is 0.0564 e. The third kappa shape index (κ3) is 6.19. The molecule has 3 nitrogen and oxygen atoms in total. The van der Waals surface area contributed by atoms with Crippen LogP contribution in [0.4, 0.5) is 28.4 Å². The van der Waals surface area contributed by atoms with Gasteiger partial charge in [-0.25, -0.2) is 0 Å². The molecule has 2 aliphatic heterocycles. The van der Waals surface area contributed by atoms with Crippen LogP contribution < -0.4 is 14.7 Å². The molecule has 0 amide bonds. The summed E-state index contributed by atoms with van der Waals surface area (Å²) in [6.45, 7) is 9.12. The molecule has 2 heterocycles. The van der Waals surface area contributed by atoms with Crippen molar-refractivity contribution in [1.29, 1.82) is 0 Å². The zero-order valence-electron chi connectivity index (χ0n) is 29.0. The van der Waals surface area contributed by atoms with Crippen molar-refractivity contribution in [3.8, 4) is 22.3 Å². The van der Waals surface area contributed by atoms with E-state index in [1.54, 1.807) is 0 Å². The number of anilines is 5. The monoisotopic (exact) mass is 659 g/mol. The first-order chi connectivity index (χ1) is 25.1. The summed E-state index contributed by atoms with van der Waals surface area (Å²) in [5.41, 5.74) is 15.0. The number of fused-ring (bicyclic) bond motifs is 2. The van der Waals surface area contributed by atoms with Crippen LogP contribution in [-0.4, -0.2) is 7.05 Å². The van der Waals surface area contributed by atoms with E-state index in [-0.39, 0.29) is 6.04 Å². The molecule has 6 aromatic carbocycles. The molecular weight excluding hydrogens is 619 g/mol. The second-order valence-corrected chi connectivity index (χ2v) is 13.2. The van der Waals surface area contributed by atoms with E-state index in [9.17, 15) is 0 Å². The minimum atomic E-state index is 0.108. The van der Waals surface area contributed by atoms with Crippen LogP contribution in [0.5, 0.6) is 0 Å². The largest absolute Gasteiger partial charge is 0.367 e. The molecule has 0 spiro atoms. The maximum absolute atomic E-state index is 4.63. The van der Waals surface area contributed by atoms with Crippen LogP contribution in [0.1, 0.15) is 30.0 Å². The van der Waals surface area contributed by atoms with Crippen LogP contribution in [0.2, 0.25) is 0 Å². The molecule has 0 saturated heterocycles. The first-order valence-corrected chi connectivity index (χ1v) is 17.6. The predicted molar refractivity (Wildman–Crippen MR) is 218 cm³/mol. The number of para-hydroxylation sites is 3. The second kappa shape index (κ2) is 13.9. The molecule has 0 saturated carbocycles. The average molecular weight is 660 g/mol. The summed E-state index contributed by atoms with van der Waals surface area (Å²) in [5.74, 6) is 0. The average Bonchev–Trinajstić information content (AvgIpc) is 3.33. The first kappa shape index (κ1) is 31.9. The topological polar surface area (TPSA) is 9.72 Å². The number of rotatable bonds is 6. The number of allylic oxidation sites excluding steroid dienone is 5. The molecular formula is C48H41N3. The molecule has 1 unspecified atom stereocenters. The lowest BCUT2D eigenvalue weighted by molar-refractivity contribution is 0.621. The van der Waals surface area contributed by atoms with Gasteiger partial charge < -0.3 is 14.7 Å². The molecule has 0 fully saturated rings. The lowest BCUT2D eigenvalue weighted by Crippen LogP contribution is -2.25. The van der Waals surface area contributed by atoms with Gasteiger partial charge in [-0.3, -0.25) is 0 Å². The molecule has 0 bridgehead atoms. The van der Waals surface area contributed by atoms with Crippen LogP contribution in [0.3, 0.4) is 0 Å². The summed E-state index contributed by atoms with van der Waals surface area (Å²) in [5, 5.41) is 0. The van der Waals surface area contributed by atoms with E-state index in [0.717, 1.165) is 52.3 Å². The van der Waals surface area contributed by atoms with Gasteiger partial charge in [0.15, 0.2) is 0 Å². The van der Waals surface area contributed by atoms with Gasteiger partial charge in [0.1, 0.15) is 0 Å². The molecule has 0 aromatic heterocycles. The van der Waals surface area contributed by atoms with E-state index < -0.39 is 0 Å². The molecule has 51 heavy (non-hydrogen) atoms. The van der Waals surface area contributed by atoms with E-state index in [1.165, 1.54) is 33.6 Å². The van der Waals surface area contributed by atoms with E-state index in [4.69, 9.17) is 0 Å². The van der Waals surface area contributed by atoms with E-state index in [0.29, 0.717) is 0 Å². The predicted octanol–water partition coefficient (Wildman–Crippen LogP) is 12.9. The molecule has 1 atom stereocenters. The molecule has 3 heteroatoms. The van der Waals surface area contributed by atoms with Gasteiger partial charge in [0.05, 0.1) is 17.4 Å². The highest BCUT2D eigenvalue weighted by atomic mass is 15.2. The Balaban J connectivity index is 1.27. The zero-order chi connectivity index (χ0) is 34.7. The highest BCUT2D eigenvalue weighted by molar-refractivity contribution is 5.89. The molecule has 8 rings (SSSR count). The van der Waals surface area contributed by atoms with Gasteiger partial charge in [0, 0.05) is 47.1 Å². The Labute approximate surface area is 302 Å². The highest BCUT2D eigenvalue weighted by Gasteiger charge is 2.30. The van der Waals surface area contributed by atoms with Gasteiger partial charge in [-0.2, -0.15) is 0 Å². The van der Waals surface area contributed by atoms with Gasteiger partial charge >= 0.3 is 0 Å². The normalized spacial score (nSPS) is 16.7. The van der Waals surface area contributed by atoms with Crippen molar-refractivity contribution < 1.29 is 0 Å². The fourth-order valence-electron chi connectivity index (χ4n) is 7.53. The SMILES string of the molecule is C=C1/C=C\C=C/N(c2ccccc2)c2ccc(-c3ccc4c(c3)C(N(C)c3ccccc3-c3ccccc3)CCC(=C)N4c3ccccc3)cc21. The fourth-order valence-corrected chi connectivity index (χ4v) is 7.53. The minimum Gasteiger partial charge on any atom is -0.367 e. The van der Waals surface area contributed by atoms with Crippen molar-refractivity contribution in [1.82, 2.24) is 0 Å². The zero-order valence-corrected chi connectivity index (χ0v) is 29.0. The standard InChI is InChI=1S/C48H41N3/c1-35-17-15-16-32-50(40-20-9-5-10-21-40)47-30-27-38(33-43(35)47)39-28-31-48-44(34-39)46(29-26-36(2)51(48)41-22-11-6-12-23-41)49(3)45-25-14-13-24-42(45)37-18-7-4-8-19-37/h4-25,27-28,30-34,46H,1-2,26,29H2,3H3/b17-15-,32-16-. The van der Waals surface area contributed by atoms with Crippen LogP contribution in [0.25, 0.3) is 27.8 Å². The quantitative estimate of drug-likeness (QED) is 0.176. The third-order valence-electron chi connectivity index (χ3n) is 10.1. The number of benzene rings is 6. The summed E-state index contributed by atoms with van der Waals surface area (Å²) in [6.07, 6.45) is 10.2. The van der Waals surface area contributed by atoms with Crippen molar-refractivity contribution >= 4 is 34.0 Å². The van der Waals surface area contributed by atoms with Crippen molar-refractivity contribution in [3.63, 3.8) is 0 Å². The molecule has 0 aliphatic carbocycles. The van der Waals surface area contributed by atoms with Crippen molar-refractivity contribution in [2.24, 2.45) is 0 Å². The minimum absolute atomic E-state index is 0.108. The van der Waals surface area contributed by atoms with Gasteiger partial charge in [-0.05, 0) is 101 Å². The Hall–Kier alpha value is -6.32. The Morgan fingerprint density at radius 3 is 1.96 bits per heavy atom. The van der Waals surface area contributed by atoms with E-state index >= 15 is 0 Å². The first-order valence-electron chi connectivity index (χ1n) is 17.6. The van der Waals surface area contributed by atoms with Crippen LogP contribution in [0, 0.1) is 0 Å². The molecule has 6 aromatic rings. The van der Waals surface area contributed by atoms with Crippen molar-refractivity contribution in [2.45, 2.75) is 18.9 Å². The van der Waals surface area contributed by atoms with Crippen LogP contribution in [-0.2, 0) is 0 Å². The summed E-state index contributed by atoms with van der Waals surface area (Å²) < 4.78 is 0. The number of hydrogen-bond acceptors (Lipinski definition) is 3. The lowest BCUT2D eigenvalue weighted by atomic mass is 9.92. The summed E-state index contributed by atoms with van der Waals surface area (Å²) in [7, 11) is 2.25. The maximum Gasteiger partial charge on any atom is 0.0564 e. The summed E-state index contributed by atoms with van der Waals surface area (Å²) >= 11 is 0. The van der Waals surface area contributed by atoms with E-state index in [1.807, 2.05) is 0 Å². The lowest BCUT2D eigenvalue weighted by Gasteiger charge is -2.33. The van der Waals surface area contributed by atoms with Gasteiger partial charge in [-0.15, -0.1) is 0 Å².